The molecule has 1 aromatic heterocycles. The molecule has 184 valence electrons. The summed E-state index contributed by atoms with van der Waals surface area (Å²) in [5.41, 5.74) is 16.9. The number of aromatic nitrogens is 1. The van der Waals surface area contributed by atoms with E-state index in [1.165, 1.54) is 0 Å². The summed E-state index contributed by atoms with van der Waals surface area (Å²) >= 11 is 0. The third kappa shape index (κ3) is 6.53. The molecule has 0 bridgehead atoms. The summed E-state index contributed by atoms with van der Waals surface area (Å²) in [5, 5.41) is 6.18. The first-order valence-electron chi connectivity index (χ1n) is 11.9. The normalized spacial score (nSPS) is 10.9. The van der Waals surface area contributed by atoms with Crippen LogP contribution in [0.3, 0.4) is 0 Å². The molecule has 0 saturated carbocycles. The topological polar surface area (TPSA) is 115 Å². The van der Waals surface area contributed by atoms with E-state index in [0.717, 1.165) is 28.8 Å². The Morgan fingerprint density at radius 2 is 1.86 bits per heavy atom. The predicted octanol–water partition coefficient (Wildman–Crippen LogP) is 4.12. The lowest BCUT2D eigenvalue weighted by Crippen LogP contribution is -2.30. The number of nitrogens with two attached hydrogens (primary N) is 2. The molecule has 6 N–H and O–H groups in total. The SMILES string of the molecule is C=C(N)c1ccc(CNC(=O)Cc2c(-c3cccc(N)c3)n(CCC)cc(NC(C)C)c2=O)cc1. The van der Waals surface area contributed by atoms with Crippen LogP contribution in [-0.4, -0.2) is 16.5 Å². The fourth-order valence-corrected chi connectivity index (χ4v) is 4.00. The maximum Gasteiger partial charge on any atom is 0.224 e. The fraction of sp³-hybridized carbons (Fsp3) is 0.286. The van der Waals surface area contributed by atoms with Gasteiger partial charge in [-0.3, -0.25) is 9.59 Å². The Morgan fingerprint density at radius 1 is 1.14 bits per heavy atom. The van der Waals surface area contributed by atoms with Gasteiger partial charge in [0, 0.05) is 47.8 Å². The van der Waals surface area contributed by atoms with Crippen LogP contribution >= 0.6 is 0 Å². The monoisotopic (exact) mass is 473 g/mol. The van der Waals surface area contributed by atoms with Crippen molar-refractivity contribution in [2.75, 3.05) is 11.1 Å². The van der Waals surface area contributed by atoms with Gasteiger partial charge in [-0.15, -0.1) is 0 Å². The van der Waals surface area contributed by atoms with Gasteiger partial charge in [0.1, 0.15) is 0 Å². The van der Waals surface area contributed by atoms with Crippen molar-refractivity contribution in [1.29, 1.82) is 0 Å². The molecule has 0 radical (unpaired) electrons. The number of carbonyl (C=O) groups is 1. The molecule has 7 heteroatoms. The third-order valence-electron chi connectivity index (χ3n) is 5.60. The number of nitrogens with zero attached hydrogens (tertiary/aromatic N) is 1. The van der Waals surface area contributed by atoms with E-state index in [1.54, 1.807) is 6.07 Å². The van der Waals surface area contributed by atoms with Crippen molar-refractivity contribution in [1.82, 2.24) is 9.88 Å². The van der Waals surface area contributed by atoms with Crippen LogP contribution in [0.4, 0.5) is 11.4 Å². The zero-order valence-corrected chi connectivity index (χ0v) is 20.7. The Kier molecular flexibility index (Phi) is 8.36. The van der Waals surface area contributed by atoms with Crippen molar-refractivity contribution < 1.29 is 4.79 Å². The second-order valence-corrected chi connectivity index (χ2v) is 8.99. The first kappa shape index (κ1) is 25.6. The van der Waals surface area contributed by atoms with Crippen molar-refractivity contribution in [3.8, 4) is 11.3 Å². The highest BCUT2D eigenvalue weighted by Gasteiger charge is 2.20. The van der Waals surface area contributed by atoms with Crippen molar-refractivity contribution in [3.05, 3.63) is 88.2 Å². The Labute approximate surface area is 206 Å². The number of hydrogen-bond acceptors (Lipinski definition) is 5. The van der Waals surface area contributed by atoms with E-state index in [0.29, 0.717) is 35.7 Å². The van der Waals surface area contributed by atoms with Crippen LogP contribution in [0, 0.1) is 0 Å². The van der Waals surface area contributed by atoms with Crippen molar-refractivity contribution in [3.63, 3.8) is 0 Å². The van der Waals surface area contributed by atoms with E-state index >= 15 is 0 Å². The average Bonchev–Trinajstić information content (AvgIpc) is 2.81. The number of benzene rings is 2. The maximum atomic E-state index is 13.5. The highest BCUT2D eigenvalue weighted by Crippen LogP contribution is 2.26. The van der Waals surface area contributed by atoms with Crippen LogP contribution in [0.25, 0.3) is 17.0 Å². The molecule has 2 aromatic carbocycles. The number of nitrogens with one attached hydrogen (secondary N) is 2. The van der Waals surface area contributed by atoms with Crippen LogP contribution in [0.5, 0.6) is 0 Å². The number of nitrogen functional groups attached to an aromatic ring is 1. The molecular formula is C28H35N5O2. The molecule has 0 fully saturated rings. The van der Waals surface area contributed by atoms with Gasteiger partial charge in [-0.1, -0.05) is 49.9 Å². The molecule has 0 unspecified atom stereocenters. The standard InChI is InChI=1S/C28H35N5O2/c1-5-13-33-17-25(32-18(2)3)28(35)24(27(33)22-7-6-8-23(30)14-22)15-26(34)31-16-20-9-11-21(12-10-20)19(4)29/h6-12,14,17-18,32H,4-5,13,15-16,29-30H2,1-3H3,(H,31,34). The van der Waals surface area contributed by atoms with Gasteiger partial charge >= 0.3 is 0 Å². The summed E-state index contributed by atoms with van der Waals surface area (Å²) < 4.78 is 2.04. The maximum absolute atomic E-state index is 13.5. The zero-order valence-electron chi connectivity index (χ0n) is 20.7. The lowest BCUT2D eigenvalue weighted by atomic mass is 10.00. The quantitative estimate of drug-likeness (QED) is 0.331. The molecule has 3 rings (SSSR count). The molecule has 1 amide bonds. The number of hydrogen-bond donors (Lipinski definition) is 4. The van der Waals surface area contributed by atoms with Crippen LogP contribution < -0.4 is 27.5 Å². The molecule has 0 aliphatic rings. The van der Waals surface area contributed by atoms with Gasteiger partial charge in [0.2, 0.25) is 11.3 Å². The van der Waals surface area contributed by atoms with Crippen molar-refractivity contribution in [2.45, 2.75) is 52.7 Å². The number of anilines is 2. The van der Waals surface area contributed by atoms with Crippen molar-refractivity contribution >= 4 is 23.0 Å². The van der Waals surface area contributed by atoms with Gasteiger partial charge in [-0.05, 0) is 43.5 Å². The Bertz CT molecular complexity index is 1260. The molecule has 0 saturated heterocycles. The van der Waals surface area contributed by atoms with Crippen LogP contribution in [0.15, 0.2) is 66.1 Å². The number of amides is 1. The van der Waals surface area contributed by atoms with Crippen molar-refractivity contribution in [2.24, 2.45) is 5.73 Å². The first-order valence-corrected chi connectivity index (χ1v) is 11.9. The predicted molar refractivity (Wildman–Crippen MR) is 145 cm³/mol. The highest BCUT2D eigenvalue weighted by atomic mass is 16.1. The van der Waals surface area contributed by atoms with E-state index in [-0.39, 0.29) is 23.8 Å². The van der Waals surface area contributed by atoms with Gasteiger partial charge in [0.15, 0.2) is 0 Å². The van der Waals surface area contributed by atoms with Crippen LogP contribution in [0.1, 0.15) is 43.9 Å². The highest BCUT2D eigenvalue weighted by molar-refractivity contribution is 5.82. The molecule has 0 aliphatic heterocycles. The van der Waals surface area contributed by atoms with E-state index in [4.69, 9.17) is 11.5 Å². The molecule has 3 aromatic rings. The third-order valence-corrected chi connectivity index (χ3v) is 5.60. The molecule has 1 heterocycles. The molecular weight excluding hydrogens is 438 g/mol. The van der Waals surface area contributed by atoms with E-state index < -0.39 is 0 Å². The Balaban J connectivity index is 1.97. The first-order chi connectivity index (χ1) is 16.7. The largest absolute Gasteiger partial charge is 0.399 e. The number of rotatable bonds is 10. The van der Waals surface area contributed by atoms with Gasteiger partial charge in [0.05, 0.1) is 17.8 Å². The molecule has 0 aliphatic carbocycles. The number of aryl methyl sites for hydroxylation is 1. The summed E-state index contributed by atoms with van der Waals surface area (Å²) in [6.45, 7) is 10.8. The second-order valence-electron chi connectivity index (χ2n) is 8.99. The number of carbonyl (C=O) groups excluding carboxylic acids is 1. The minimum Gasteiger partial charge on any atom is -0.399 e. The summed E-state index contributed by atoms with van der Waals surface area (Å²) in [7, 11) is 0. The summed E-state index contributed by atoms with van der Waals surface area (Å²) in [6.07, 6.45) is 2.67. The smallest absolute Gasteiger partial charge is 0.224 e. The molecule has 0 atom stereocenters. The van der Waals surface area contributed by atoms with Gasteiger partial charge in [0.25, 0.3) is 0 Å². The van der Waals surface area contributed by atoms with Gasteiger partial charge < -0.3 is 26.7 Å². The lowest BCUT2D eigenvalue weighted by molar-refractivity contribution is -0.120. The second kappa shape index (κ2) is 11.4. The Hall–Kier alpha value is -4.00. The van der Waals surface area contributed by atoms with Gasteiger partial charge in [-0.2, -0.15) is 0 Å². The summed E-state index contributed by atoms with van der Waals surface area (Å²) in [4.78, 5) is 26.6. The minimum absolute atomic E-state index is 0.0437. The van der Waals surface area contributed by atoms with E-state index in [9.17, 15) is 9.59 Å². The lowest BCUT2D eigenvalue weighted by Gasteiger charge is -2.21. The van der Waals surface area contributed by atoms with E-state index in [2.05, 4.69) is 24.1 Å². The average molecular weight is 474 g/mol. The molecule has 7 nitrogen and oxygen atoms in total. The fourth-order valence-electron chi connectivity index (χ4n) is 4.00. The van der Waals surface area contributed by atoms with E-state index in [1.807, 2.05) is 67.1 Å². The number of pyridine rings is 1. The summed E-state index contributed by atoms with van der Waals surface area (Å²) in [5.74, 6) is -0.232. The zero-order chi connectivity index (χ0) is 25.5. The summed E-state index contributed by atoms with van der Waals surface area (Å²) in [6, 6.07) is 15.0. The molecule has 35 heavy (non-hydrogen) atoms. The van der Waals surface area contributed by atoms with Gasteiger partial charge in [-0.25, -0.2) is 0 Å². The molecule has 0 spiro atoms. The van der Waals surface area contributed by atoms with Crippen LogP contribution in [0.2, 0.25) is 0 Å². The Morgan fingerprint density at radius 3 is 2.46 bits per heavy atom. The minimum atomic E-state index is -0.232. The van der Waals surface area contributed by atoms with Crippen LogP contribution in [-0.2, 0) is 24.3 Å².